The average Bonchev–Trinajstić information content (AvgIpc) is 3.23. The van der Waals surface area contributed by atoms with E-state index in [4.69, 9.17) is 14.8 Å². The van der Waals surface area contributed by atoms with Gasteiger partial charge in [0.25, 0.3) is 0 Å². The van der Waals surface area contributed by atoms with Crippen molar-refractivity contribution in [2.24, 2.45) is 5.73 Å². The molecule has 0 spiro atoms. The Labute approximate surface area is 368 Å². The Hall–Kier alpha value is -1.84. The molecular formula is C50H93N2O7P. The van der Waals surface area contributed by atoms with Crippen LogP contribution in [0.3, 0.4) is 0 Å². The number of rotatable bonds is 45. The molecule has 0 saturated heterocycles. The van der Waals surface area contributed by atoms with Crippen LogP contribution in [0.5, 0.6) is 0 Å². The number of phosphoric ester groups is 1. The fourth-order valence-corrected chi connectivity index (χ4v) is 7.64. The maximum absolute atomic E-state index is 12.8. The third-order valence-electron chi connectivity index (χ3n) is 10.6. The lowest BCUT2D eigenvalue weighted by atomic mass is 10.0. The normalized spacial score (nSPS) is 15.0. The third-order valence-corrected chi connectivity index (χ3v) is 11.6. The minimum absolute atomic E-state index is 0.0384. The number of carbonyl (C=O) groups excluding carboxylic acids is 1. The highest BCUT2D eigenvalue weighted by Gasteiger charge is 2.27. The molecule has 4 unspecified atom stereocenters. The van der Waals surface area contributed by atoms with Crippen LogP contribution in [0.15, 0.2) is 60.8 Å². The van der Waals surface area contributed by atoms with Gasteiger partial charge in [0.05, 0.1) is 37.9 Å². The molecule has 0 aliphatic carbocycles. The van der Waals surface area contributed by atoms with E-state index in [1.54, 1.807) is 6.08 Å². The van der Waals surface area contributed by atoms with Crippen molar-refractivity contribution < 1.29 is 33.5 Å². The third kappa shape index (κ3) is 42.8. The maximum Gasteiger partial charge on any atom is 0.472 e. The minimum Gasteiger partial charge on any atom is -0.393 e. The topological polar surface area (TPSA) is 151 Å². The van der Waals surface area contributed by atoms with Gasteiger partial charge in [0.1, 0.15) is 0 Å². The first-order valence-electron chi connectivity index (χ1n) is 24.5. The quantitative estimate of drug-likeness (QED) is 0.0231. The summed E-state index contributed by atoms with van der Waals surface area (Å²) in [4.78, 5) is 22.8. The molecule has 10 heteroatoms. The van der Waals surface area contributed by atoms with Gasteiger partial charge in [-0.25, -0.2) is 4.57 Å². The summed E-state index contributed by atoms with van der Waals surface area (Å²) in [7, 11) is -4.42. The van der Waals surface area contributed by atoms with Crippen molar-refractivity contribution in [3.63, 3.8) is 0 Å². The van der Waals surface area contributed by atoms with Crippen molar-refractivity contribution >= 4 is 13.7 Å². The average molecular weight is 865 g/mol. The number of carbonyl (C=O) groups is 1. The molecule has 0 rings (SSSR count). The number of phosphoric acid groups is 1. The van der Waals surface area contributed by atoms with Gasteiger partial charge < -0.3 is 26.2 Å². The Morgan fingerprint density at radius 1 is 0.583 bits per heavy atom. The number of allylic oxidation sites excluding steroid dienone is 9. The molecule has 0 aromatic rings. The summed E-state index contributed by atoms with van der Waals surface area (Å²) in [6, 6.07) is -1.01. The van der Waals surface area contributed by atoms with E-state index in [0.717, 1.165) is 70.6 Å². The van der Waals surface area contributed by atoms with Gasteiger partial charge in [-0.1, -0.05) is 190 Å². The van der Waals surface area contributed by atoms with E-state index in [1.807, 2.05) is 6.08 Å². The summed E-state index contributed by atoms with van der Waals surface area (Å²) in [5, 5.41) is 24.1. The van der Waals surface area contributed by atoms with Crippen molar-refractivity contribution in [1.82, 2.24) is 5.32 Å². The Bertz CT molecular complexity index is 1140. The number of hydrogen-bond acceptors (Lipinski definition) is 7. The number of nitrogens with two attached hydrogens (primary N) is 1. The van der Waals surface area contributed by atoms with E-state index in [0.29, 0.717) is 12.8 Å². The molecule has 0 aliphatic rings. The van der Waals surface area contributed by atoms with Gasteiger partial charge in [0, 0.05) is 6.54 Å². The number of hydrogen-bond donors (Lipinski definition) is 5. The van der Waals surface area contributed by atoms with Crippen molar-refractivity contribution in [2.75, 3.05) is 19.8 Å². The van der Waals surface area contributed by atoms with Crippen molar-refractivity contribution in [3.8, 4) is 0 Å². The molecule has 6 N–H and O–H groups in total. The fourth-order valence-electron chi connectivity index (χ4n) is 6.88. The van der Waals surface area contributed by atoms with Crippen molar-refractivity contribution in [2.45, 2.75) is 231 Å². The van der Waals surface area contributed by atoms with Crippen molar-refractivity contribution in [3.05, 3.63) is 60.8 Å². The van der Waals surface area contributed by atoms with E-state index in [-0.39, 0.29) is 19.6 Å². The van der Waals surface area contributed by atoms with Gasteiger partial charge in [-0.15, -0.1) is 0 Å². The standard InChI is InChI=1S/C50H93N2O7P/c1-3-5-7-9-11-13-15-17-19-21-22-23-24-26-27-29-31-33-35-37-39-41-47(53)45-50(55)52-48(46-59-60(56,57)58-44-43-51)49(54)42-40-38-36-34-32-30-28-25-20-18-16-14-12-10-8-6-4-2/h20,22-23,25-27,32,34,40,42,47-49,53-54H,3-19,21,24,28-31,33,35-39,41,43-46,51H2,1-2H3,(H,52,55)(H,56,57)/b23-22-,25-20+,27-26-,34-32+,42-40+. The minimum atomic E-state index is -4.42. The van der Waals surface area contributed by atoms with Gasteiger partial charge in [0.15, 0.2) is 0 Å². The monoisotopic (exact) mass is 865 g/mol. The first kappa shape index (κ1) is 58.2. The fraction of sp³-hybridized carbons (Fsp3) is 0.780. The van der Waals surface area contributed by atoms with E-state index >= 15 is 0 Å². The SMILES string of the molecule is CCCCCCCCC/C=C/CC/C=C/CC/C=C/C(O)C(COP(=O)(O)OCCN)NC(=O)CC(O)CCCCCCC/C=C\C/C=C\CCCCCCCCCCC. The largest absolute Gasteiger partial charge is 0.472 e. The Balaban J connectivity index is 4.32. The molecule has 0 saturated carbocycles. The first-order chi connectivity index (χ1) is 29.3. The van der Waals surface area contributed by atoms with Crippen LogP contribution in [0, 0.1) is 0 Å². The number of unbranched alkanes of at least 4 members (excludes halogenated alkanes) is 23. The number of aliphatic hydroxyl groups is 2. The van der Waals surface area contributed by atoms with Crippen LogP contribution in [0.1, 0.15) is 213 Å². The summed E-state index contributed by atoms with van der Waals surface area (Å²) in [6.07, 6.45) is 54.6. The van der Waals surface area contributed by atoms with E-state index in [1.165, 1.54) is 109 Å². The van der Waals surface area contributed by atoms with Gasteiger partial charge in [-0.2, -0.15) is 0 Å². The zero-order chi connectivity index (χ0) is 44.0. The second kappa shape index (κ2) is 45.2. The molecule has 0 bridgehead atoms. The molecule has 4 atom stereocenters. The van der Waals surface area contributed by atoms with Gasteiger partial charge in [-0.3, -0.25) is 13.8 Å². The molecule has 9 nitrogen and oxygen atoms in total. The molecule has 0 fully saturated rings. The summed E-state index contributed by atoms with van der Waals surface area (Å²) in [5.41, 5.74) is 5.37. The molecule has 0 aliphatic heterocycles. The highest BCUT2D eigenvalue weighted by molar-refractivity contribution is 7.47. The van der Waals surface area contributed by atoms with Gasteiger partial charge in [-0.05, 0) is 77.0 Å². The Kier molecular flexibility index (Phi) is 43.8. The van der Waals surface area contributed by atoms with E-state index in [9.17, 15) is 24.5 Å². The molecule has 1 amide bonds. The van der Waals surface area contributed by atoms with Crippen LogP contribution >= 0.6 is 7.82 Å². The molecule has 0 aromatic carbocycles. The van der Waals surface area contributed by atoms with Gasteiger partial charge >= 0.3 is 7.82 Å². The van der Waals surface area contributed by atoms with Crippen LogP contribution < -0.4 is 11.1 Å². The highest BCUT2D eigenvalue weighted by Crippen LogP contribution is 2.43. The predicted molar refractivity (Wildman–Crippen MR) is 255 cm³/mol. The highest BCUT2D eigenvalue weighted by atomic mass is 31.2. The van der Waals surface area contributed by atoms with Crippen molar-refractivity contribution in [1.29, 1.82) is 0 Å². The predicted octanol–water partition coefficient (Wildman–Crippen LogP) is 13.2. The van der Waals surface area contributed by atoms with Crippen LogP contribution in [0.4, 0.5) is 0 Å². The lowest BCUT2D eigenvalue weighted by Crippen LogP contribution is -2.46. The van der Waals surface area contributed by atoms with Crippen LogP contribution in [0.2, 0.25) is 0 Å². The van der Waals surface area contributed by atoms with Crippen LogP contribution in [-0.4, -0.2) is 59.0 Å². The number of aliphatic hydroxyl groups excluding tert-OH is 2. The molecule has 0 heterocycles. The molecule has 0 aromatic heterocycles. The van der Waals surface area contributed by atoms with Crippen LogP contribution in [0.25, 0.3) is 0 Å². The molecule has 0 radical (unpaired) electrons. The lowest BCUT2D eigenvalue weighted by molar-refractivity contribution is -0.124. The second-order valence-electron chi connectivity index (χ2n) is 16.5. The maximum atomic E-state index is 12.8. The first-order valence-corrected chi connectivity index (χ1v) is 26.0. The summed E-state index contributed by atoms with van der Waals surface area (Å²) < 4.78 is 22.1. The summed E-state index contributed by atoms with van der Waals surface area (Å²) in [5.74, 6) is -0.469. The zero-order valence-corrected chi connectivity index (χ0v) is 39.4. The molecular weight excluding hydrogens is 772 g/mol. The smallest absolute Gasteiger partial charge is 0.393 e. The summed E-state index contributed by atoms with van der Waals surface area (Å²) in [6.45, 7) is 3.93. The zero-order valence-electron chi connectivity index (χ0n) is 38.5. The van der Waals surface area contributed by atoms with E-state index in [2.05, 4.69) is 67.8 Å². The summed E-state index contributed by atoms with van der Waals surface area (Å²) >= 11 is 0. The van der Waals surface area contributed by atoms with E-state index < -0.39 is 38.6 Å². The number of nitrogens with one attached hydrogen (secondary N) is 1. The Morgan fingerprint density at radius 2 is 1.00 bits per heavy atom. The van der Waals surface area contributed by atoms with Gasteiger partial charge in [0.2, 0.25) is 5.91 Å². The lowest BCUT2D eigenvalue weighted by Gasteiger charge is -2.24. The molecule has 350 valence electrons. The van der Waals surface area contributed by atoms with Crippen LogP contribution in [-0.2, 0) is 18.4 Å². The Morgan fingerprint density at radius 3 is 1.48 bits per heavy atom. The number of amides is 1. The molecule has 60 heavy (non-hydrogen) atoms. The second-order valence-corrected chi connectivity index (χ2v) is 17.9.